The molecule has 3 nitrogen and oxygen atoms in total. The van der Waals surface area contributed by atoms with Crippen LogP contribution in [0.4, 0.5) is 0 Å². The maximum Gasteiger partial charge on any atom is 0.297 e. The van der Waals surface area contributed by atoms with Crippen LogP contribution in [0.3, 0.4) is 0 Å². The second-order valence-electron chi connectivity index (χ2n) is 3.05. The van der Waals surface area contributed by atoms with E-state index >= 15 is 0 Å². The number of rotatable bonds is 4. The van der Waals surface area contributed by atoms with Gasteiger partial charge in [0.15, 0.2) is 0 Å². The van der Waals surface area contributed by atoms with Gasteiger partial charge in [-0.3, -0.25) is 4.18 Å². The maximum absolute atomic E-state index is 11.5. The highest BCUT2D eigenvalue weighted by atomic mass is 35.5. The third kappa shape index (κ3) is 3.66. The highest BCUT2D eigenvalue weighted by Gasteiger charge is 2.14. The van der Waals surface area contributed by atoms with Gasteiger partial charge in [-0.1, -0.05) is 35.9 Å². The fourth-order valence-corrected chi connectivity index (χ4v) is 1.94. The maximum atomic E-state index is 11.5. The quantitative estimate of drug-likeness (QED) is 0.767. The summed E-state index contributed by atoms with van der Waals surface area (Å²) in [6.45, 7) is 5.00. The molecule has 0 fully saturated rings. The van der Waals surface area contributed by atoms with Crippen molar-refractivity contribution in [1.82, 2.24) is 0 Å². The first kappa shape index (κ1) is 12.2. The van der Waals surface area contributed by atoms with E-state index in [9.17, 15) is 8.42 Å². The zero-order chi connectivity index (χ0) is 11.5. The molecule has 0 bridgehead atoms. The molecule has 1 aromatic carbocycles. The Morgan fingerprint density at radius 1 is 1.40 bits per heavy atom. The number of hydrogen-bond acceptors (Lipinski definition) is 3. The molecule has 0 amide bonds. The summed E-state index contributed by atoms with van der Waals surface area (Å²) in [4.78, 5) is 0.117. The monoisotopic (exact) mass is 246 g/mol. The third-order valence-electron chi connectivity index (χ3n) is 1.68. The first-order valence-corrected chi connectivity index (χ1v) is 6.00. The van der Waals surface area contributed by atoms with Crippen molar-refractivity contribution >= 4 is 21.7 Å². The minimum atomic E-state index is -3.72. The van der Waals surface area contributed by atoms with Gasteiger partial charge >= 0.3 is 0 Å². The predicted molar refractivity (Wildman–Crippen MR) is 59.3 cm³/mol. The van der Waals surface area contributed by atoms with Crippen LogP contribution in [0.5, 0.6) is 0 Å². The van der Waals surface area contributed by atoms with Gasteiger partial charge in [-0.15, -0.1) is 0 Å². The second kappa shape index (κ2) is 4.79. The molecule has 0 saturated heterocycles. The summed E-state index contributed by atoms with van der Waals surface area (Å²) in [6.07, 6.45) is 0. The molecule has 1 aromatic rings. The lowest BCUT2D eigenvalue weighted by Crippen LogP contribution is -2.07. The van der Waals surface area contributed by atoms with Gasteiger partial charge in [0.05, 0.1) is 4.90 Å². The third-order valence-corrected chi connectivity index (χ3v) is 3.07. The second-order valence-corrected chi connectivity index (χ2v) is 5.20. The molecule has 5 heteroatoms. The average molecular weight is 247 g/mol. The van der Waals surface area contributed by atoms with Gasteiger partial charge in [-0.2, -0.15) is 8.42 Å². The van der Waals surface area contributed by atoms with E-state index in [0.717, 1.165) is 5.56 Å². The van der Waals surface area contributed by atoms with Crippen LogP contribution in [0.15, 0.2) is 40.8 Å². The van der Waals surface area contributed by atoms with Crippen molar-refractivity contribution in [2.75, 3.05) is 6.61 Å². The topological polar surface area (TPSA) is 43.4 Å². The summed E-state index contributed by atoms with van der Waals surface area (Å²) in [7, 11) is -3.72. The molecule has 0 unspecified atom stereocenters. The lowest BCUT2D eigenvalue weighted by atomic mass is 10.2. The van der Waals surface area contributed by atoms with Gasteiger partial charge in [-0.25, -0.2) is 0 Å². The van der Waals surface area contributed by atoms with Gasteiger partial charge in [-0.05, 0) is 19.1 Å². The van der Waals surface area contributed by atoms with E-state index < -0.39 is 10.1 Å². The Labute approximate surface area is 94.5 Å². The van der Waals surface area contributed by atoms with Gasteiger partial charge in [0, 0.05) is 5.03 Å². The minimum Gasteiger partial charge on any atom is -0.261 e. The van der Waals surface area contributed by atoms with Gasteiger partial charge in [0.25, 0.3) is 10.1 Å². The van der Waals surface area contributed by atoms with Crippen LogP contribution >= 0.6 is 11.6 Å². The molecule has 0 N–H and O–H groups in total. The summed E-state index contributed by atoms with van der Waals surface area (Å²) in [5.74, 6) is 0. The summed E-state index contributed by atoms with van der Waals surface area (Å²) in [5.41, 5.74) is 0.982. The number of halogens is 1. The van der Waals surface area contributed by atoms with E-state index in [1.54, 1.807) is 12.1 Å². The molecule has 0 heterocycles. The van der Waals surface area contributed by atoms with Crippen molar-refractivity contribution in [2.45, 2.75) is 11.8 Å². The SMILES string of the molecule is C=C(Cl)COS(=O)(=O)c1ccc(C)cc1. The number of benzene rings is 1. The van der Waals surface area contributed by atoms with Gasteiger partial charge in [0.2, 0.25) is 0 Å². The molecule has 0 aliphatic rings. The first-order chi connectivity index (χ1) is 6.92. The Balaban J connectivity index is 2.87. The zero-order valence-electron chi connectivity index (χ0n) is 8.23. The predicted octanol–water partition coefficient (Wildman–Crippen LogP) is 2.45. The van der Waals surface area contributed by atoms with Crippen LogP contribution in [0.2, 0.25) is 0 Å². The molecule has 0 radical (unpaired) electrons. The van der Waals surface area contributed by atoms with Crippen molar-refractivity contribution in [3.05, 3.63) is 41.4 Å². The normalized spacial score (nSPS) is 11.3. The minimum absolute atomic E-state index is 0.117. The smallest absolute Gasteiger partial charge is 0.261 e. The summed E-state index contributed by atoms with van der Waals surface area (Å²) in [6, 6.07) is 6.38. The van der Waals surface area contributed by atoms with Crippen LogP contribution in [-0.4, -0.2) is 15.0 Å². The molecule has 1 rings (SSSR count). The highest BCUT2D eigenvalue weighted by molar-refractivity contribution is 7.86. The van der Waals surface area contributed by atoms with Crippen LogP contribution in [0.25, 0.3) is 0 Å². The van der Waals surface area contributed by atoms with Crippen LogP contribution in [0, 0.1) is 6.92 Å². The van der Waals surface area contributed by atoms with Crippen LogP contribution < -0.4 is 0 Å². The molecule has 0 aliphatic carbocycles. The van der Waals surface area contributed by atoms with Crippen molar-refractivity contribution in [2.24, 2.45) is 0 Å². The number of hydrogen-bond donors (Lipinski definition) is 0. The molecule has 82 valence electrons. The van der Waals surface area contributed by atoms with Crippen molar-refractivity contribution < 1.29 is 12.6 Å². The molecule has 0 atom stereocenters. The lowest BCUT2D eigenvalue weighted by molar-refractivity contribution is 0.354. The largest absolute Gasteiger partial charge is 0.297 e. The molecule has 0 aromatic heterocycles. The Kier molecular flexibility index (Phi) is 3.90. The van der Waals surface area contributed by atoms with Crippen LogP contribution in [-0.2, 0) is 14.3 Å². The standard InChI is InChI=1S/C10H11ClO3S/c1-8-3-5-10(6-4-8)15(12,13)14-7-9(2)11/h3-6H,2,7H2,1H3. The summed E-state index contributed by atoms with van der Waals surface area (Å²) in [5, 5.41) is 0.144. The average Bonchev–Trinajstić information content (AvgIpc) is 2.16. The summed E-state index contributed by atoms with van der Waals surface area (Å²) >= 11 is 5.41. The molecular weight excluding hydrogens is 236 g/mol. The zero-order valence-corrected chi connectivity index (χ0v) is 9.81. The van der Waals surface area contributed by atoms with E-state index in [-0.39, 0.29) is 16.5 Å². The van der Waals surface area contributed by atoms with Gasteiger partial charge in [0.1, 0.15) is 6.61 Å². The van der Waals surface area contributed by atoms with Crippen LogP contribution in [0.1, 0.15) is 5.56 Å². The Morgan fingerprint density at radius 2 is 1.93 bits per heavy atom. The van der Waals surface area contributed by atoms with Gasteiger partial charge < -0.3 is 0 Å². The Hall–Kier alpha value is -0.840. The lowest BCUT2D eigenvalue weighted by Gasteiger charge is -2.04. The molecule has 0 spiro atoms. The van der Waals surface area contributed by atoms with E-state index in [4.69, 9.17) is 11.6 Å². The number of aryl methyl sites for hydroxylation is 1. The Morgan fingerprint density at radius 3 is 2.40 bits per heavy atom. The highest BCUT2D eigenvalue weighted by Crippen LogP contribution is 2.14. The molecule has 15 heavy (non-hydrogen) atoms. The van der Waals surface area contributed by atoms with E-state index in [1.807, 2.05) is 6.92 Å². The van der Waals surface area contributed by atoms with Crippen molar-refractivity contribution in [3.8, 4) is 0 Å². The van der Waals surface area contributed by atoms with E-state index in [2.05, 4.69) is 10.8 Å². The van der Waals surface area contributed by atoms with E-state index in [1.165, 1.54) is 12.1 Å². The van der Waals surface area contributed by atoms with Crippen molar-refractivity contribution in [1.29, 1.82) is 0 Å². The first-order valence-electron chi connectivity index (χ1n) is 4.21. The fourth-order valence-electron chi connectivity index (χ4n) is 0.914. The molecule has 0 saturated carbocycles. The fraction of sp³-hybridized carbons (Fsp3) is 0.200. The van der Waals surface area contributed by atoms with Crippen molar-refractivity contribution in [3.63, 3.8) is 0 Å². The Bertz CT molecular complexity index is 448. The molecular formula is C10H11ClO3S. The summed E-state index contributed by atoms with van der Waals surface area (Å²) < 4.78 is 27.7. The molecule has 0 aliphatic heterocycles. The van der Waals surface area contributed by atoms with E-state index in [0.29, 0.717) is 0 Å².